The molecule has 2 amide bonds. The molecule has 6 heteroatoms. The van der Waals surface area contributed by atoms with Crippen LogP contribution in [0.3, 0.4) is 0 Å². The van der Waals surface area contributed by atoms with Gasteiger partial charge in [-0.25, -0.2) is 0 Å². The van der Waals surface area contributed by atoms with Crippen molar-refractivity contribution in [2.24, 2.45) is 5.92 Å². The first-order chi connectivity index (χ1) is 11.0. The zero-order valence-electron chi connectivity index (χ0n) is 12.7. The summed E-state index contributed by atoms with van der Waals surface area (Å²) in [5, 5.41) is 12.3. The molecule has 1 aromatic carbocycles. The van der Waals surface area contributed by atoms with Crippen LogP contribution in [-0.2, 0) is 9.59 Å². The van der Waals surface area contributed by atoms with Crippen molar-refractivity contribution in [3.8, 4) is 6.07 Å². The summed E-state index contributed by atoms with van der Waals surface area (Å²) in [5.74, 6) is -0.632. The number of benzene rings is 1. The van der Waals surface area contributed by atoms with Gasteiger partial charge in [-0.2, -0.15) is 5.26 Å². The average Bonchev–Trinajstić information content (AvgIpc) is 3.14. The first-order valence-electron chi connectivity index (χ1n) is 7.82. The molecule has 0 bridgehead atoms. The van der Waals surface area contributed by atoms with Crippen molar-refractivity contribution in [3.63, 3.8) is 0 Å². The highest BCUT2D eigenvalue weighted by Crippen LogP contribution is 2.31. The third kappa shape index (κ3) is 3.25. The monoisotopic (exact) mass is 375 g/mol. The molecule has 1 unspecified atom stereocenters. The Balaban J connectivity index is 1.70. The molecular formula is C17H18BrN3O2. The zero-order chi connectivity index (χ0) is 16.4. The summed E-state index contributed by atoms with van der Waals surface area (Å²) >= 11 is 3.39. The SMILES string of the molecule is N#CC1(NC(=O)C2CC(=O)N(c3cccc(Br)c3)C2)CCCC1. The molecule has 0 aromatic heterocycles. The zero-order valence-corrected chi connectivity index (χ0v) is 14.3. The molecule has 120 valence electrons. The quantitative estimate of drug-likeness (QED) is 0.882. The Morgan fingerprint density at radius 1 is 1.39 bits per heavy atom. The summed E-state index contributed by atoms with van der Waals surface area (Å²) in [6, 6.07) is 9.74. The van der Waals surface area contributed by atoms with Crippen molar-refractivity contribution in [1.29, 1.82) is 5.26 Å². The molecule has 1 aliphatic heterocycles. The van der Waals surface area contributed by atoms with Crippen LogP contribution in [0, 0.1) is 17.2 Å². The van der Waals surface area contributed by atoms with Crippen molar-refractivity contribution in [2.45, 2.75) is 37.6 Å². The van der Waals surface area contributed by atoms with E-state index in [2.05, 4.69) is 27.3 Å². The molecule has 1 aliphatic carbocycles. The minimum atomic E-state index is -0.733. The highest BCUT2D eigenvalue weighted by molar-refractivity contribution is 9.10. The second-order valence-electron chi connectivity index (χ2n) is 6.28. The summed E-state index contributed by atoms with van der Waals surface area (Å²) in [6.07, 6.45) is 3.51. The Labute approximate surface area is 143 Å². The number of nitrogens with one attached hydrogen (secondary N) is 1. The summed E-state index contributed by atoms with van der Waals surface area (Å²) in [4.78, 5) is 26.4. The Hall–Kier alpha value is -1.87. The first kappa shape index (κ1) is 16.0. The number of hydrogen-bond acceptors (Lipinski definition) is 3. The first-order valence-corrected chi connectivity index (χ1v) is 8.61. The number of anilines is 1. The van der Waals surface area contributed by atoms with Crippen LogP contribution in [0.4, 0.5) is 5.69 Å². The predicted molar refractivity (Wildman–Crippen MR) is 89.6 cm³/mol. The van der Waals surface area contributed by atoms with Gasteiger partial charge in [-0.3, -0.25) is 9.59 Å². The van der Waals surface area contributed by atoms with E-state index in [0.29, 0.717) is 19.4 Å². The number of nitriles is 1. The lowest BCUT2D eigenvalue weighted by atomic mass is 9.97. The van der Waals surface area contributed by atoms with Gasteiger partial charge in [0.25, 0.3) is 0 Å². The van der Waals surface area contributed by atoms with Gasteiger partial charge in [-0.05, 0) is 43.9 Å². The third-order valence-electron chi connectivity index (χ3n) is 4.65. The van der Waals surface area contributed by atoms with E-state index >= 15 is 0 Å². The van der Waals surface area contributed by atoms with Crippen molar-refractivity contribution >= 4 is 33.4 Å². The van der Waals surface area contributed by atoms with E-state index < -0.39 is 11.5 Å². The van der Waals surface area contributed by atoms with E-state index in [4.69, 9.17) is 0 Å². The van der Waals surface area contributed by atoms with Gasteiger partial charge in [0.05, 0.1) is 12.0 Å². The lowest BCUT2D eigenvalue weighted by molar-refractivity contribution is -0.127. The minimum Gasteiger partial charge on any atom is -0.338 e. The Morgan fingerprint density at radius 3 is 2.78 bits per heavy atom. The molecule has 3 rings (SSSR count). The molecule has 0 radical (unpaired) electrons. The van der Waals surface area contributed by atoms with Crippen LogP contribution in [0.25, 0.3) is 0 Å². The van der Waals surface area contributed by atoms with Gasteiger partial charge in [0.1, 0.15) is 5.54 Å². The summed E-state index contributed by atoms with van der Waals surface area (Å²) in [6.45, 7) is 0.364. The molecule has 2 fully saturated rings. The van der Waals surface area contributed by atoms with Crippen LogP contribution in [0.1, 0.15) is 32.1 Å². The molecular weight excluding hydrogens is 358 g/mol. The van der Waals surface area contributed by atoms with E-state index in [0.717, 1.165) is 23.0 Å². The number of carbonyl (C=O) groups excluding carboxylic acids is 2. The van der Waals surface area contributed by atoms with Crippen molar-refractivity contribution in [1.82, 2.24) is 5.32 Å². The van der Waals surface area contributed by atoms with Crippen LogP contribution in [0.5, 0.6) is 0 Å². The Morgan fingerprint density at radius 2 is 2.13 bits per heavy atom. The molecule has 1 aromatic rings. The van der Waals surface area contributed by atoms with Crippen LogP contribution in [0.15, 0.2) is 28.7 Å². The maximum Gasteiger partial charge on any atom is 0.227 e. The number of rotatable bonds is 3. The molecule has 5 nitrogen and oxygen atoms in total. The maximum absolute atomic E-state index is 12.5. The average molecular weight is 376 g/mol. The molecule has 1 N–H and O–H groups in total. The number of halogens is 1. The standard InChI is InChI=1S/C17H18BrN3O2/c18-13-4-3-5-14(9-13)21-10-12(8-15(21)22)16(23)20-17(11-19)6-1-2-7-17/h3-5,9,12H,1-2,6-8,10H2,(H,20,23). The maximum atomic E-state index is 12.5. The van der Waals surface area contributed by atoms with E-state index in [9.17, 15) is 14.9 Å². The lowest BCUT2D eigenvalue weighted by Crippen LogP contribution is -2.48. The Bertz CT molecular complexity index is 677. The molecule has 1 atom stereocenters. The number of amides is 2. The predicted octanol–water partition coefficient (Wildman–Crippen LogP) is 2.75. The van der Waals surface area contributed by atoms with Crippen molar-refractivity contribution in [2.75, 3.05) is 11.4 Å². The summed E-state index contributed by atoms with van der Waals surface area (Å²) in [5.41, 5.74) is 0.0547. The van der Waals surface area contributed by atoms with Gasteiger partial charge >= 0.3 is 0 Å². The molecule has 1 saturated heterocycles. The number of carbonyl (C=O) groups is 2. The topological polar surface area (TPSA) is 73.2 Å². The van der Waals surface area contributed by atoms with Crippen molar-refractivity contribution < 1.29 is 9.59 Å². The lowest BCUT2D eigenvalue weighted by Gasteiger charge is -2.24. The second-order valence-corrected chi connectivity index (χ2v) is 7.19. The molecule has 1 heterocycles. The van der Waals surface area contributed by atoms with Gasteiger partial charge in [-0.15, -0.1) is 0 Å². The normalized spacial score (nSPS) is 22.9. The Kier molecular flexibility index (Phi) is 4.40. The summed E-state index contributed by atoms with van der Waals surface area (Å²) < 4.78 is 0.894. The second kappa shape index (κ2) is 6.32. The van der Waals surface area contributed by atoms with Crippen LogP contribution in [-0.4, -0.2) is 23.9 Å². The smallest absolute Gasteiger partial charge is 0.227 e. The van der Waals surface area contributed by atoms with E-state index in [1.807, 2.05) is 24.3 Å². The van der Waals surface area contributed by atoms with Gasteiger partial charge < -0.3 is 10.2 Å². The number of hydrogen-bond donors (Lipinski definition) is 1. The molecule has 1 saturated carbocycles. The highest BCUT2D eigenvalue weighted by atomic mass is 79.9. The van der Waals surface area contributed by atoms with Crippen LogP contribution < -0.4 is 10.2 Å². The fraction of sp³-hybridized carbons (Fsp3) is 0.471. The largest absolute Gasteiger partial charge is 0.338 e. The number of nitrogens with zero attached hydrogens (tertiary/aromatic N) is 2. The molecule has 0 spiro atoms. The molecule has 2 aliphatic rings. The summed E-state index contributed by atoms with van der Waals surface area (Å²) in [7, 11) is 0. The van der Waals surface area contributed by atoms with Gasteiger partial charge in [-0.1, -0.05) is 22.0 Å². The van der Waals surface area contributed by atoms with Gasteiger partial charge in [0.2, 0.25) is 11.8 Å². The van der Waals surface area contributed by atoms with Crippen molar-refractivity contribution in [3.05, 3.63) is 28.7 Å². The third-order valence-corrected chi connectivity index (χ3v) is 5.14. The fourth-order valence-corrected chi connectivity index (χ4v) is 3.75. The highest BCUT2D eigenvalue weighted by Gasteiger charge is 2.40. The minimum absolute atomic E-state index is 0.0549. The van der Waals surface area contributed by atoms with E-state index in [-0.39, 0.29) is 18.2 Å². The van der Waals surface area contributed by atoms with Gasteiger partial charge in [0, 0.05) is 23.1 Å². The van der Waals surface area contributed by atoms with Gasteiger partial charge in [0.15, 0.2) is 0 Å². The fourth-order valence-electron chi connectivity index (χ4n) is 3.36. The molecule has 23 heavy (non-hydrogen) atoms. The van der Waals surface area contributed by atoms with E-state index in [1.54, 1.807) is 4.90 Å². The van der Waals surface area contributed by atoms with E-state index in [1.165, 1.54) is 0 Å². The van der Waals surface area contributed by atoms with Crippen LogP contribution >= 0.6 is 15.9 Å². The van der Waals surface area contributed by atoms with Crippen LogP contribution in [0.2, 0.25) is 0 Å².